The number of benzene rings is 1. The maximum Gasteiger partial charge on any atom is 0.0611 e. The van der Waals surface area contributed by atoms with E-state index in [1.165, 1.54) is 11.3 Å². The van der Waals surface area contributed by atoms with Gasteiger partial charge in [0, 0.05) is 11.7 Å². The number of rotatable bonds is 2. The van der Waals surface area contributed by atoms with Crippen LogP contribution in [0, 0.1) is 0 Å². The SMILES string of the molecule is CC(C)(O)CC1CCc2ccccc2N1. The number of hydrogen-bond acceptors (Lipinski definition) is 2. The summed E-state index contributed by atoms with van der Waals surface area (Å²) in [5, 5.41) is 13.3. The summed E-state index contributed by atoms with van der Waals surface area (Å²) in [6, 6.07) is 8.82. The lowest BCUT2D eigenvalue weighted by Crippen LogP contribution is -2.33. The number of para-hydroxylation sites is 1. The summed E-state index contributed by atoms with van der Waals surface area (Å²) in [6.45, 7) is 3.74. The van der Waals surface area contributed by atoms with Crippen molar-refractivity contribution in [3.8, 4) is 0 Å². The molecule has 1 aromatic carbocycles. The lowest BCUT2D eigenvalue weighted by atomic mass is 9.91. The lowest BCUT2D eigenvalue weighted by molar-refractivity contribution is 0.0645. The fourth-order valence-electron chi connectivity index (χ4n) is 2.26. The van der Waals surface area contributed by atoms with Crippen LogP contribution in [0.5, 0.6) is 0 Å². The molecule has 2 N–H and O–H groups in total. The molecule has 0 amide bonds. The Hall–Kier alpha value is -1.02. The summed E-state index contributed by atoms with van der Waals surface area (Å²) in [6.07, 6.45) is 3.03. The van der Waals surface area contributed by atoms with Gasteiger partial charge < -0.3 is 10.4 Å². The molecule has 0 aliphatic carbocycles. The monoisotopic (exact) mass is 205 g/mol. The Kier molecular flexibility index (Phi) is 2.70. The van der Waals surface area contributed by atoms with E-state index in [9.17, 15) is 5.11 Å². The van der Waals surface area contributed by atoms with Crippen molar-refractivity contribution >= 4 is 5.69 Å². The van der Waals surface area contributed by atoms with Gasteiger partial charge in [0.05, 0.1) is 5.60 Å². The fraction of sp³-hybridized carbons (Fsp3) is 0.538. The van der Waals surface area contributed by atoms with Crippen molar-refractivity contribution in [3.05, 3.63) is 29.8 Å². The molecule has 0 aromatic heterocycles. The van der Waals surface area contributed by atoms with Crippen LogP contribution in [0.3, 0.4) is 0 Å². The quantitative estimate of drug-likeness (QED) is 0.777. The highest BCUT2D eigenvalue weighted by molar-refractivity contribution is 5.53. The van der Waals surface area contributed by atoms with E-state index in [4.69, 9.17) is 0 Å². The van der Waals surface area contributed by atoms with E-state index in [0.29, 0.717) is 6.04 Å². The molecule has 2 rings (SSSR count). The molecule has 1 unspecified atom stereocenters. The third kappa shape index (κ3) is 2.72. The van der Waals surface area contributed by atoms with Crippen molar-refractivity contribution in [1.82, 2.24) is 0 Å². The normalized spacial score (nSPS) is 20.6. The molecule has 15 heavy (non-hydrogen) atoms. The standard InChI is InChI=1S/C13H19NO/c1-13(2,15)9-11-8-7-10-5-3-4-6-12(10)14-11/h3-6,11,14-15H,7-9H2,1-2H3. The molecular formula is C13H19NO. The van der Waals surface area contributed by atoms with Gasteiger partial charge in [0.25, 0.3) is 0 Å². The van der Waals surface area contributed by atoms with Gasteiger partial charge in [-0.25, -0.2) is 0 Å². The molecular weight excluding hydrogens is 186 g/mol. The number of aryl methyl sites for hydroxylation is 1. The molecule has 1 aliphatic rings. The molecule has 0 fully saturated rings. The van der Waals surface area contributed by atoms with E-state index in [2.05, 4.69) is 29.6 Å². The number of nitrogens with one attached hydrogen (secondary N) is 1. The molecule has 2 heteroatoms. The van der Waals surface area contributed by atoms with Crippen molar-refractivity contribution in [2.75, 3.05) is 5.32 Å². The average Bonchev–Trinajstić information content (AvgIpc) is 2.15. The van der Waals surface area contributed by atoms with Gasteiger partial charge in [-0.3, -0.25) is 0 Å². The Labute approximate surface area is 91.3 Å². The summed E-state index contributed by atoms with van der Waals surface area (Å²) < 4.78 is 0. The molecule has 0 radical (unpaired) electrons. The third-order valence-electron chi connectivity index (χ3n) is 2.89. The summed E-state index contributed by atoms with van der Waals surface area (Å²) in [5.41, 5.74) is 2.05. The summed E-state index contributed by atoms with van der Waals surface area (Å²) in [4.78, 5) is 0. The first kappa shape index (κ1) is 10.5. The molecule has 1 heterocycles. The van der Waals surface area contributed by atoms with Crippen LogP contribution in [0.4, 0.5) is 5.69 Å². The Bertz CT molecular complexity index is 341. The van der Waals surface area contributed by atoms with Gasteiger partial charge in [-0.15, -0.1) is 0 Å². The highest BCUT2D eigenvalue weighted by atomic mass is 16.3. The first-order chi connectivity index (χ1) is 7.04. The van der Waals surface area contributed by atoms with Crippen LogP contribution in [-0.2, 0) is 6.42 Å². The minimum atomic E-state index is -0.579. The zero-order chi connectivity index (χ0) is 10.9. The first-order valence-corrected chi connectivity index (χ1v) is 5.61. The highest BCUT2D eigenvalue weighted by Gasteiger charge is 2.23. The molecule has 1 aromatic rings. The molecule has 1 atom stereocenters. The molecule has 82 valence electrons. The molecule has 0 saturated heterocycles. The molecule has 0 spiro atoms. The van der Waals surface area contributed by atoms with Crippen molar-refractivity contribution in [2.24, 2.45) is 0 Å². The van der Waals surface area contributed by atoms with Crippen molar-refractivity contribution in [2.45, 2.75) is 44.8 Å². The number of anilines is 1. The van der Waals surface area contributed by atoms with E-state index >= 15 is 0 Å². The van der Waals surface area contributed by atoms with E-state index in [1.54, 1.807) is 0 Å². The zero-order valence-corrected chi connectivity index (χ0v) is 9.46. The van der Waals surface area contributed by atoms with E-state index in [1.807, 2.05) is 13.8 Å². The van der Waals surface area contributed by atoms with Gasteiger partial charge in [-0.05, 0) is 44.7 Å². The van der Waals surface area contributed by atoms with Gasteiger partial charge in [0.15, 0.2) is 0 Å². The highest BCUT2D eigenvalue weighted by Crippen LogP contribution is 2.27. The maximum atomic E-state index is 9.78. The summed E-state index contributed by atoms with van der Waals surface area (Å²) in [7, 11) is 0. The van der Waals surface area contributed by atoms with Crippen LogP contribution in [-0.4, -0.2) is 16.7 Å². The predicted octanol–water partition coefficient (Wildman–Crippen LogP) is 2.57. The largest absolute Gasteiger partial charge is 0.390 e. The Morgan fingerprint density at radius 1 is 1.40 bits per heavy atom. The van der Waals surface area contributed by atoms with Crippen LogP contribution in [0.25, 0.3) is 0 Å². The second-order valence-corrected chi connectivity index (χ2v) is 5.05. The topological polar surface area (TPSA) is 32.3 Å². The van der Waals surface area contributed by atoms with Crippen molar-refractivity contribution in [1.29, 1.82) is 0 Å². The fourth-order valence-corrected chi connectivity index (χ4v) is 2.26. The minimum Gasteiger partial charge on any atom is -0.390 e. The summed E-state index contributed by atoms with van der Waals surface area (Å²) in [5.74, 6) is 0. The second-order valence-electron chi connectivity index (χ2n) is 5.05. The summed E-state index contributed by atoms with van der Waals surface area (Å²) >= 11 is 0. The van der Waals surface area contributed by atoms with Gasteiger partial charge in [0.2, 0.25) is 0 Å². The first-order valence-electron chi connectivity index (χ1n) is 5.61. The maximum absolute atomic E-state index is 9.78. The van der Waals surface area contributed by atoms with E-state index in [-0.39, 0.29) is 0 Å². The Morgan fingerprint density at radius 3 is 2.87 bits per heavy atom. The molecule has 1 aliphatic heterocycles. The number of aliphatic hydroxyl groups is 1. The second kappa shape index (κ2) is 3.86. The van der Waals surface area contributed by atoms with Crippen LogP contribution >= 0.6 is 0 Å². The average molecular weight is 205 g/mol. The molecule has 0 saturated carbocycles. The van der Waals surface area contributed by atoms with Crippen molar-refractivity contribution < 1.29 is 5.11 Å². The van der Waals surface area contributed by atoms with Gasteiger partial charge in [-0.2, -0.15) is 0 Å². The van der Waals surface area contributed by atoms with Crippen LogP contribution in [0.1, 0.15) is 32.3 Å². The Balaban J connectivity index is 2.06. The van der Waals surface area contributed by atoms with Gasteiger partial charge >= 0.3 is 0 Å². The smallest absolute Gasteiger partial charge is 0.0611 e. The molecule has 0 bridgehead atoms. The number of fused-ring (bicyclic) bond motifs is 1. The predicted molar refractivity (Wildman–Crippen MR) is 63.1 cm³/mol. The van der Waals surface area contributed by atoms with Gasteiger partial charge in [0.1, 0.15) is 0 Å². The number of hydrogen-bond donors (Lipinski definition) is 2. The lowest BCUT2D eigenvalue weighted by Gasteiger charge is -2.31. The van der Waals surface area contributed by atoms with Crippen LogP contribution < -0.4 is 5.32 Å². The minimum absolute atomic E-state index is 0.403. The van der Waals surface area contributed by atoms with E-state index < -0.39 is 5.60 Å². The Morgan fingerprint density at radius 2 is 2.13 bits per heavy atom. The van der Waals surface area contributed by atoms with Crippen LogP contribution in [0.2, 0.25) is 0 Å². The molecule has 2 nitrogen and oxygen atoms in total. The third-order valence-corrected chi connectivity index (χ3v) is 2.89. The van der Waals surface area contributed by atoms with Gasteiger partial charge in [-0.1, -0.05) is 18.2 Å². The van der Waals surface area contributed by atoms with Crippen LogP contribution in [0.15, 0.2) is 24.3 Å². The van der Waals surface area contributed by atoms with E-state index in [0.717, 1.165) is 19.3 Å². The van der Waals surface area contributed by atoms with Crippen molar-refractivity contribution in [3.63, 3.8) is 0 Å². The zero-order valence-electron chi connectivity index (χ0n) is 9.46.